The van der Waals surface area contributed by atoms with Gasteiger partial charge in [-0.1, -0.05) is 24.8 Å². The standard InChI is InChI=1S/C14H19F2NOS/c1-5-11-12(14(15)16)8-7-9-13(11)19(18,10(3)4)17-6-2/h5,7-10,14H,1,6H2,2-4H3. The van der Waals surface area contributed by atoms with Crippen molar-refractivity contribution in [2.24, 2.45) is 4.36 Å². The van der Waals surface area contributed by atoms with Crippen molar-refractivity contribution < 1.29 is 13.0 Å². The SMILES string of the molecule is C=Cc1c(C(F)F)cccc1S(=O)(=NCC)C(C)C. The molecule has 5 heteroatoms. The molecule has 0 N–H and O–H groups in total. The Labute approximate surface area is 113 Å². The monoisotopic (exact) mass is 287 g/mol. The Bertz CT molecular complexity index is 573. The maximum Gasteiger partial charge on any atom is 0.264 e. The van der Waals surface area contributed by atoms with Crippen LogP contribution in [0.15, 0.2) is 34.0 Å². The van der Waals surface area contributed by atoms with Crippen LogP contribution in [0.2, 0.25) is 0 Å². The Morgan fingerprint density at radius 1 is 1.42 bits per heavy atom. The fourth-order valence-electron chi connectivity index (χ4n) is 1.89. The molecule has 0 amide bonds. The van der Waals surface area contributed by atoms with E-state index >= 15 is 0 Å². The molecule has 0 aliphatic carbocycles. The lowest BCUT2D eigenvalue weighted by atomic mass is 10.1. The van der Waals surface area contributed by atoms with Crippen molar-refractivity contribution in [3.63, 3.8) is 0 Å². The summed E-state index contributed by atoms with van der Waals surface area (Å²) >= 11 is 0. The Morgan fingerprint density at radius 2 is 2.05 bits per heavy atom. The molecule has 19 heavy (non-hydrogen) atoms. The topological polar surface area (TPSA) is 29.4 Å². The van der Waals surface area contributed by atoms with Crippen LogP contribution in [0.5, 0.6) is 0 Å². The maximum absolute atomic E-state index is 13.0. The number of benzene rings is 1. The molecule has 106 valence electrons. The molecule has 0 heterocycles. The number of rotatable bonds is 5. The average molecular weight is 287 g/mol. The Balaban J connectivity index is 3.68. The van der Waals surface area contributed by atoms with Crippen molar-refractivity contribution in [2.75, 3.05) is 6.54 Å². The van der Waals surface area contributed by atoms with Crippen LogP contribution in [0.25, 0.3) is 6.08 Å². The summed E-state index contributed by atoms with van der Waals surface area (Å²) < 4.78 is 43.1. The zero-order chi connectivity index (χ0) is 14.6. The van der Waals surface area contributed by atoms with E-state index in [2.05, 4.69) is 10.9 Å². The van der Waals surface area contributed by atoms with Crippen LogP contribution in [0.1, 0.15) is 38.3 Å². The third-order valence-electron chi connectivity index (χ3n) is 2.81. The highest BCUT2D eigenvalue weighted by atomic mass is 32.2. The van der Waals surface area contributed by atoms with Gasteiger partial charge >= 0.3 is 0 Å². The largest absolute Gasteiger partial charge is 0.264 e. The highest BCUT2D eigenvalue weighted by Crippen LogP contribution is 2.31. The predicted octanol–water partition coefficient (Wildman–Crippen LogP) is 4.52. The summed E-state index contributed by atoms with van der Waals surface area (Å²) in [7, 11) is -2.71. The number of alkyl halides is 2. The normalized spacial score (nSPS) is 14.5. The van der Waals surface area contributed by atoms with Gasteiger partial charge in [0.1, 0.15) is 0 Å². The molecule has 0 bridgehead atoms. The van der Waals surface area contributed by atoms with Crippen molar-refractivity contribution in [3.05, 3.63) is 35.9 Å². The summed E-state index contributed by atoms with van der Waals surface area (Å²) in [5, 5.41) is -0.251. The molecule has 0 aliphatic rings. The second-order valence-corrected chi connectivity index (χ2v) is 7.10. The summed E-state index contributed by atoms with van der Waals surface area (Å²) in [5.74, 6) is 0. The van der Waals surface area contributed by atoms with Crippen LogP contribution in [-0.2, 0) is 9.73 Å². The highest BCUT2D eigenvalue weighted by Gasteiger charge is 2.23. The summed E-state index contributed by atoms with van der Waals surface area (Å²) in [6.07, 6.45) is -1.28. The van der Waals surface area contributed by atoms with Crippen molar-refractivity contribution in [3.8, 4) is 0 Å². The van der Waals surface area contributed by atoms with Gasteiger partial charge in [-0.15, -0.1) is 0 Å². The minimum atomic E-state index is -2.71. The second kappa shape index (κ2) is 6.28. The molecule has 1 rings (SSSR count). The molecule has 0 spiro atoms. The van der Waals surface area contributed by atoms with Gasteiger partial charge in [-0.05, 0) is 32.4 Å². The molecular weight excluding hydrogens is 268 g/mol. The number of hydrogen-bond acceptors (Lipinski definition) is 2. The molecule has 0 fully saturated rings. The zero-order valence-corrected chi connectivity index (χ0v) is 12.2. The Morgan fingerprint density at radius 3 is 2.47 bits per heavy atom. The Kier molecular flexibility index (Phi) is 5.23. The van der Waals surface area contributed by atoms with Crippen LogP contribution in [0.4, 0.5) is 8.78 Å². The molecule has 1 aromatic rings. The van der Waals surface area contributed by atoms with Crippen molar-refractivity contribution in [1.29, 1.82) is 0 Å². The first-order valence-corrected chi connectivity index (χ1v) is 7.71. The molecule has 0 radical (unpaired) electrons. The Hall–Kier alpha value is -1.23. The average Bonchev–Trinajstić information content (AvgIpc) is 2.37. The van der Waals surface area contributed by atoms with Gasteiger partial charge in [-0.2, -0.15) is 0 Å². The molecule has 0 aromatic heterocycles. The third kappa shape index (κ3) is 3.03. The van der Waals surface area contributed by atoms with E-state index in [1.54, 1.807) is 26.8 Å². The lowest BCUT2D eigenvalue weighted by molar-refractivity contribution is 0.151. The van der Waals surface area contributed by atoms with Crippen molar-refractivity contribution in [1.82, 2.24) is 0 Å². The fraction of sp³-hybridized carbons (Fsp3) is 0.429. The summed E-state index contributed by atoms with van der Waals surface area (Å²) in [6.45, 7) is 9.30. The first-order chi connectivity index (χ1) is 8.88. The minimum absolute atomic E-state index is 0.146. The third-order valence-corrected chi connectivity index (χ3v) is 5.72. The highest BCUT2D eigenvalue weighted by molar-refractivity contribution is 7.94. The molecule has 2 nitrogen and oxygen atoms in total. The van der Waals surface area contributed by atoms with E-state index in [1.165, 1.54) is 18.2 Å². The first-order valence-electron chi connectivity index (χ1n) is 6.13. The van der Waals surface area contributed by atoms with Crippen LogP contribution < -0.4 is 0 Å². The second-order valence-electron chi connectivity index (χ2n) is 4.33. The van der Waals surface area contributed by atoms with Gasteiger partial charge in [0.2, 0.25) is 0 Å². The van der Waals surface area contributed by atoms with Gasteiger partial charge in [0.15, 0.2) is 0 Å². The molecule has 1 aromatic carbocycles. The van der Waals surface area contributed by atoms with Gasteiger partial charge in [-0.3, -0.25) is 0 Å². The number of halogens is 2. The van der Waals surface area contributed by atoms with Gasteiger partial charge in [0.25, 0.3) is 6.43 Å². The molecule has 1 atom stereocenters. The molecule has 1 unspecified atom stereocenters. The van der Waals surface area contributed by atoms with Gasteiger partial charge < -0.3 is 0 Å². The quantitative estimate of drug-likeness (QED) is 0.782. The van der Waals surface area contributed by atoms with Crippen LogP contribution in [0, 0.1) is 0 Å². The molecule has 0 aliphatic heterocycles. The fourth-order valence-corrected chi connectivity index (χ4v) is 4.01. The van der Waals surface area contributed by atoms with Crippen LogP contribution in [0.3, 0.4) is 0 Å². The summed E-state index contributed by atoms with van der Waals surface area (Å²) in [5.41, 5.74) is 0.0978. The van der Waals surface area contributed by atoms with Crippen molar-refractivity contribution >= 4 is 15.8 Å². The molecule has 0 saturated carbocycles. The van der Waals surface area contributed by atoms with E-state index in [4.69, 9.17) is 0 Å². The summed E-state index contributed by atoms with van der Waals surface area (Å²) in [4.78, 5) is 0.358. The van der Waals surface area contributed by atoms with Gasteiger partial charge in [0, 0.05) is 17.4 Å². The lowest BCUT2D eigenvalue weighted by Crippen LogP contribution is -2.16. The molecule has 0 saturated heterocycles. The van der Waals surface area contributed by atoms with Gasteiger partial charge in [0.05, 0.1) is 14.6 Å². The van der Waals surface area contributed by atoms with Crippen molar-refractivity contribution in [2.45, 2.75) is 37.3 Å². The van der Waals surface area contributed by atoms with E-state index in [9.17, 15) is 13.0 Å². The van der Waals surface area contributed by atoms with E-state index in [-0.39, 0.29) is 16.4 Å². The summed E-state index contributed by atoms with van der Waals surface area (Å²) in [6, 6.07) is 4.43. The maximum atomic E-state index is 13.0. The minimum Gasteiger partial charge on any atom is -0.244 e. The zero-order valence-electron chi connectivity index (χ0n) is 11.4. The molecular formula is C14H19F2NOS. The number of hydrogen-bond donors (Lipinski definition) is 0. The predicted molar refractivity (Wildman–Crippen MR) is 76.0 cm³/mol. The van der Waals surface area contributed by atoms with E-state index in [1.807, 2.05) is 0 Å². The van der Waals surface area contributed by atoms with E-state index in [0.29, 0.717) is 11.4 Å². The van der Waals surface area contributed by atoms with Crippen LogP contribution in [-0.4, -0.2) is 16.0 Å². The van der Waals surface area contributed by atoms with E-state index in [0.717, 1.165) is 0 Å². The smallest absolute Gasteiger partial charge is 0.244 e. The lowest BCUT2D eigenvalue weighted by Gasteiger charge is -2.18. The number of nitrogens with zero attached hydrogens (tertiary/aromatic N) is 1. The van der Waals surface area contributed by atoms with E-state index < -0.39 is 16.2 Å². The first kappa shape index (κ1) is 15.8. The van der Waals surface area contributed by atoms with Gasteiger partial charge in [-0.25, -0.2) is 17.4 Å². The van der Waals surface area contributed by atoms with Crippen LogP contribution >= 0.6 is 0 Å².